The summed E-state index contributed by atoms with van der Waals surface area (Å²) < 4.78 is 0. The van der Waals surface area contributed by atoms with Gasteiger partial charge in [-0.2, -0.15) is 0 Å². The van der Waals surface area contributed by atoms with Crippen LogP contribution in [0.25, 0.3) is 0 Å². The number of hydrogen-bond donors (Lipinski definition) is 1. The van der Waals surface area contributed by atoms with E-state index in [0.717, 1.165) is 40.2 Å². The molecule has 0 unspecified atom stereocenters. The van der Waals surface area contributed by atoms with Crippen molar-refractivity contribution in [1.29, 1.82) is 0 Å². The van der Waals surface area contributed by atoms with Crippen LogP contribution in [0.15, 0.2) is 53.4 Å². The van der Waals surface area contributed by atoms with E-state index in [2.05, 4.69) is 41.4 Å². The van der Waals surface area contributed by atoms with Crippen LogP contribution >= 0.6 is 23.4 Å². The van der Waals surface area contributed by atoms with E-state index in [0.29, 0.717) is 6.42 Å². The first-order chi connectivity index (χ1) is 13.5. The Bertz CT molecular complexity index is 763. The fourth-order valence-electron chi connectivity index (χ4n) is 3.59. The summed E-state index contributed by atoms with van der Waals surface area (Å²) in [5.41, 5.74) is 2.43. The smallest absolute Gasteiger partial charge is 0.221 e. The van der Waals surface area contributed by atoms with Crippen LogP contribution in [0.1, 0.15) is 44.7 Å². The Morgan fingerprint density at radius 1 is 1.21 bits per heavy atom. The summed E-state index contributed by atoms with van der Waals surface area (Å²) in [5, 5.41) is 3.84. The molecule has 0 radical (unpaired) electrons. The topological polar surface area (TPSA) is 32.3 Å². The highest BCUT2D eigenvalue weighted by atomic mass is 35.5. The van der Waals surface area contributed by atoms with Crippen molar-refractivity contribution in [3.63, 3.8) is 0 Å². The predicted molar refractivity (Wildman–Crippen MR) is 120 cm³/mol. The SMILES string of the molecule is C[C@H]1CCCN(c2ccc([C@H](C)NC(=O)CCSc3ccc(Cl)cc3)cc2)C1. The summed E-state index contributed by atoms with van der Waals surface area (Å²) >= 11 is 7.57. The summed E-state index contributed by atoms with van der Waals surface area (Å²) in [5.74, 6) is 1.60. The minimum absolute atomic E-state index is 0.0161. The van der Waals surface area contributed by atoms with Gasteiger partial charge in [0.1, 0.15) is 0 Å². The van der Waals surface area contributed by atoms with Crippen LogP contribution in [-0.2, 0) is 4.79 Å². The fourth-order valence-corrected chi connectivity index (χ4v) is 4.56. The first-order valence-corrected chi connectivity index (χ1v) is 11.4. The van der Waals surface area contributed by atoms with Crippen molar-refractivity contribution in [2.24, 2.45) is 5.92 Å². The van der Waals surface area contributed by atoms with E-state index in [1.54, 1.807) is 11.8 Å². The second-order valence-electron chi connectivity index (χ2n) is 7.63. The second-order valence-corrected chi connectivity index (χ2v) is 9.23. The van der Waals surface area contributed by atoms with Crippen LogP contribution in [0.5, 0.6) is 0 Å². The predicted octanol–water partition coefficient (Wildman–Crippen LogP) is 5.94. The van der Waals surface area contributed by atoms with Crippen LogP contribution in [-0.4, -0.2) is 24.7 Å². The quantitative estimate of drug-likeness (QED) is 0.567. The molecule has 0 aliphatic carbocycles. The van der Waals surface area contributed by atoms with Gasteiger partial charge in [0.2, 0.25) is 5.91 Å². The number of thioether (sulfide) groups is 1. The van der Waals surface area contributed by atoms with E-state index >= 15 is 0 Å². The Morgan fingerprint density at radius 2 is 1.93 bits per heavy atom. The lowest BCUT2D eigenvalue weighted by atomic mass is 9.99. The second kappa shape index (κ2) is 10.2. The van der Waals surface area contributed by atoms with Gasteiger partial charge in [-0.1, -0.05) is 30.7 Å². The number of hydrogen-bond acceptors (Lipinski definition) is 3. The standard InChI is InChI=1S/C23H29ClN2OS/c1-17-4-3-14-26(16-17)21-9-5-19(6-10-21)18(2)25-23(27)13-15-28-22-11-7-20(24)8-12-22/h5-12,17-18H,3-4,13-16H2,1-2H3,(H,25,27)/t17-,18-/m0/s1. The van der Waals surface area contributed by atoms with Gasteiger partial charge in [0.05, 0.1) is 6.04 Å². The fraction of sp³-hybridized carbons (Fsp3) is 0.435. The summed E-state index contributed by atoms with van der Waals surface area (Å²) in [4.78, 5) is 15.9. The number of nitrogens with one attached hydrogen (secondary N) is 1. The highest BCUT2D eigenvalue weighted by Crippen LogP contribution is 2.25. The van der Waals surface area contributed by atoms with Crippen molar-refractivity contribution in [2.45, 2.75) is 44.0 Å². The van der Waals surface area contributed by atoms with Crippen molar-refractivity contribution < 1.29 is 4.79 Å². The molecule has 0 spiro atoms. The van der Waals surface area contributed by atoms with Crippen LogP contribution < -0.4 is 10.2 Å². The van der Waals surface area contributed by atoms with Crippen molar-refractivity contribution in [3.05, 3.63) is 59.1 Å². The Morgan fingerprint density at radius 3 is 2.61 bits per heavy atom. The van der Waals surface area contributed by atoms with Gasteiger partial charge in [-0.25, -0.2) is 0 Å². The highest BCUT2D eigenvalue weighted by molar-refractivity contribution is 7.99. The maximum absolute atomic E-state index is 12.3. The number of carbonyl (C=O) groups is 1. The molecule has 1 aliphatic rings. The number of amides is 1. The van der Waals surface area contributed by atoms with Gasteiger partial charge in [-0.15, -0.1) is 11.8 Å². The molecule has 28 heavy (non-hydrogen) atoms. The molecule has 1 heterocycles. The minimum Gasteiger partial charge on any atom is -0.371 e. The van der Waals surface area contributed by atoms with Gasteiger partial charge in [0.15, 0.2) is 0 Å². The number of rotatable bonds is 7. The minimum atomic E-state index is 0.0161. The molecule has 2 aromatic carbocycles. The molecule has 0 aromatic heterocycles. The van der Waals surface area contributed by atoms with Crippen LogP contribution in [0.4, 0.5) is 5.69 Å². The lowest BCUT2D eigenvalue weighted by Gasteiger charge is -2.33. The summed E-state index contributed by atoms with van der Waals surface area (Å²) in [7, 11) is 0. The third kappa shape index (κ3) is 6.18. The van der Waals surface area contributed by atoms with Crippen LogP contribution in [0.2, 0.25) is 5.02 Å². The number of anilines is 1. The molecule has 0 saturated carbocycles. The molecule has 3 rings (SSSR count). The molecular weight excluding hydrogens is 388 g/mol. The van der Waals surface area contributed by atoms with E-state index in [-0.39, 0.29) is 11.9 Å². The molecule has 1 amide bonds. The lowest BCUT2D eigenvalue weighted by molar-refractivity contribution is -0.121. The number of halogens is 1. The Hall–Kier alpha value is -1.65. The molecule has 5 heteroatoms. The Balaban J connectivity index is 1.45. The van der Waals surface area contributed by atoms with E-state index in [1.807, 2.05) is 31.2 Å². The zero-order valence-electron chi connectivity index (χ0n) is 16.7. The Kier molecular flexibility index (Phi) is 7.69. The monoisotopic (exact) mass is 416 g/mol. The molecule has 2 aromatic rings. The molecule has 150 valence electrons. The highest BCUT2D eigenvalue weighted by Gasteiger charge is 2.17. The van der Waals surface area contributed by atoms with E-state index in [4.69, 9.17) is 11.6 Å². The van der Waals surface area contributed by atoms with Crippen molar-refractivity contribution in [3.8, 4) is 0 Å². The normalized spacial score (nSPS) is 18.0. The molecule has 0 bridgehead atoms. The first-order valence-electron chi connectivity index (χ1n) is 10.0. The number of benzene rings is 2. The molecular formula is C23H29ClN2OS. The van der Waals surface area contributed by atoms with E-state index in [1.165, 1.54) is 18.5 Å². The number of carbonyl (C=O) groups excluding carboxylic acids is 1. The van der Waals surface area contributed by atoms with Crippen molar-refractivity contribution in [2.75, 3.05) is 23.7 Å². The molecule has 1 aliphatic heterocycles. The summed E-state index contributed by atoms with van der Waals surface area (Å²) in [6.07, 6.45) is 3.10. The Labute approximate surface area is 177 Å². The van der Waals surface area contributed by atoms with Gasteiger partial charge < -0.3 is 10.2 Å². The summed E-state index contributed by atoms with van der Waals surface area (Å²) in [6.45, 7) is 6.64. The molecule has 1 saturated heterocycles. The molecule has 1 fully saturated rings. The maximum atomic E-state index is 12.3. The molecule has 1 N–H and O–H groups in total. The van der Waals surface area contributed by atoms with Crippen molar-refractivity contribution in [1.82, 2.24) is 5.32 Å². The van der Waals surface area contributed by atoms with Gasteiger partial charge in [0.25, 0.3) is 0 Å². The van der Waals surface area contributed by atoms with Crippen molar-refractivity contribution >= 4 is 35.0 Å². The van der Waals surface area contributed by atoms with Crippen LogP contribution in [0, 0.1) is 5.92 Å². The van der Waals surface area contributed by atoms with E-state index in [9.17, 15) is 4.79 Å². The zero-order valence-corrected chi connectivity index (χ0v) is 18.2. The molecule has 2 atom stereocenters. The average Bonchev–Trinajstić information content (AvgIpc) is 2.69. The van der Waals surface area contributed by atoms with Crippen LogP contribution in [0.3, 0.4) is 0 Å². The van der Waals surface area contributed by atoms with E-state index < -0.39 is 0 Å². The van der Waals surface area contributed by atoms with Gasteiger partial charge in [0, 0.05) is 40.9 Å². The number of piperidine rings is 1. The van der Waals surface area contributed by atoms with Gasteiger partial charge >= 0.3 is 0 Å². The lowest BCUT2D eigenvalue weighted by Crippen LogP contribution is -2.34. The largest absolute Gasteiger partial charge is 0.371 e. The van der Waals surface area contributed by atoms with Gasteiger partial charge in [-0.05, 0) is 67.6 Å². The maximum Gasteiger partial charge on any atom is 0.221 e. The zero-order chi connectivity index (χ0) is 19.9. The third-order valence-corrected chi connectivity index (χ3v) is 6.47. The number of nitrogens with zero attached hydrogens (tertiary/aromatic N) is 1. The first kappa shape index (κ1) is 21.1. The average molecular weight is 417 g/mol. The van der Waals surface area contributed by atoms with Gasteiger partial charge in [-0.3, -0.25) is 4.79 Å². The molecule has 3 nitrogen and oxygen atoms in total. The third-order valence-electron chi connectivity index (χ3n) is 5.20. The summed E-state index contributed by atoms with van der Waals surface area (Å²) in [6, 6.07) is 16.4.